The van der Waals surface area contributed by atoms with Crippen LogP contribution in [0.5, 0.6) is 0 Å². The van der Waals surface area contributed by atoms with Crippen LogP contribution in [0.25, 0.3) is 11.1 Å². The number of benzene rings is 2. The van der Waals surface area contributed by atoms with Crippen molar-refractivity contribution >= 4 is 40.3 Å². The van der Waals surface area contributed by atoms with E-state index in [9.17, 15) is 14.4 Å². The van der Waals surface area contributed by atoms with Crippen molar-refractivity contribution in [3.63, 3.8) is 0 Å². The first-order valence-corrected chi connectivity index (χ1v) is 11.4. The third-order valence-corrected chi connectivity index (χ3v) is 6.53. The summed E-state index contributed by atoms with van der Waals surface area (Å²) in [6, 6.07) is 17.3. The number of aromatic carboxylic acids is 1. The van der Waals surface area contributed by atoms with E-state index >= 15 is 0 Å². The van der Waals surface area contributed by atoms with E-state index in [0.29, 0.717) is 0 Å². The van der Waals surface area contributed by atoms with Crippen molar-refractivity contribution in [1.29, 1.82) is 0 Å². The Kier molecular flexibility index (Phi) is 5.75. The first kappa shape index (κ1) is 22.3. The zero-order chi connectivity index (χ0) is 24.5. The molecule has 35 heavy (non-hydrogen) atoms. The first-order chi connectivity index (χ1) is 16.9. The van der Waals surface area contributed by atoms with Crippen molar-refractivity contribution in [1.82, 2.24) is 14.8 Å². The summed E-state index contributed by atoms with van der Waals surface area (Å²) in [6.07, 6.45) is 0.638. The van der Waals surface area contributed by atoms with E-state index < -0.39 is 18.0 Å². The second kappa shape index (κ2) is 9.03. The van der Waals surface area contributed by atoms with Crippen LogP contribution in [0.1, 0.15) is 37.2 Å². The molecule has 0 unspecified atom stereocenters. The third-order valence-electron chi connectivity index (χ3n) is 5.62. The molecular weight excluding hydrogens is 470 g/mol. The van der Waals surface area contributed by atoms with Gasteiger partial charge in [-0.15, -0.1) is 0 Å². The van der Waals surface area contributed by atoms with Crippen LogP contribution in [0.2, 0.25) is 0 Å². The fourth-order valence-corrected chi connectivity index (χ4v) is 4.72. The molecule has 2 heterocycles. The quantitative estimate of drug-likeness (QED) is 0.370. The van der Waals surface area contributed by atoms with E-state index in [1.807, 2.05) is 36.4 Å². The van der Waals surface area contributed by atoms with Gasteiger partial charge in [-0.3, -0.25) is 14.8 Å². The summed E-state index contributed by atoms with van der Waals surface area (Å²) in [5, 5.41) is 18.1. The molecule has 4 aromatic rings. The lowest BCUT2D eigenvalue weighted by Gasteiger charge is -2.14. The predicted molar refractivity (Wildman–Crippen MR) is 129 cm³/mol. The fourth-order valence-electron chi connectivity index (χ4n) is 4.03. The lowest BCUT2D eigenvalue weighted by atomic mass is 9.98. The van der Waals surface area contributed by atoms with Gasteiger partial charge < -0.3 is 15.2 Å². The highest BCUT2D eigenvalue weighted by Crippen LogP contribution is 2.44. The Labute approximate surface area is 203 Å². The van der Waals surface area contributed by atoms with Gasteiger partial charge in [0.2, 0.25) is 0 Å². The van der Waals surface area contributed by atoms with Crippen LogP contribution in [-0.2, 0) is 11.8 Å². The second-order valence-electron chi connectivity index (χ2n) is 7.78. The molecule has 0 spiro atoms. The van der Waals surface area contributed by atoms with Gasteiger partial charge in [0, 0.05) is 19.0 Å². The van der Waals surface area contributed by atoms with E-state index in [0.717, 1.165) is 33.6 Å². The minimum Gasteiger partial charge on any atom is -0.476 e. The Hall–Kier alpha value is -4.51. The predicted octanol–water partition coefficient (Wildman–Crippen LogP) is 4.19. The molecule has 0 aliphatic heterocycles. The zero-order valence-electron chi connectivity index (χ0n) is 18.4. The number of hydrogen-bond acceptors (Lipinski definition) is 7. The molecule has 2 aromatic heterocycles. The number of anilines is 2. The molecule has 176 valence electrons. The van der Waals surface area contributed by atoms with Gasteiger partial charge in [-0.05, 0) is 22.3 Å². The van der Waals surface area contributed by atoms with Gasteiger partial charge in [0.25, 0.3) is 5.91 Å². The molecule has 0 saturated heterocycles. The summed E-state index contributed by atoms with van der Waals surface area (Å²) in [7, 11) is 1.51. The number of carbonyl (C=O) groups excluding carboxylic acids is 2. The van der Waals surface area contributed by atoms with Gasteiger partial charge in [-0.1, -0.05) is 59.9 Å². The number of carbonyl (C=O) groups is 3. The summed E-state index contributed by atoms with van der Waals surface area (Å²) in [5.41, 5.74) is 4.30. The largest absolute Gasteiger partial charge is 0.476 e. The number of nitrogens with one attached hydrogen (secondary N) is 2. The molecule has 5 rings (SSSR count). The molecule has 0 bridgehead atoms. The molecule has 1 aliphatic rings. The maximum absolute atomic E-state index is 12.5. The van der Waals surface area contributed by atoms with E-state index in [4.69, 9.17) is 9.84 Å². The zero-order valence-corrected chi connectivity index (χ0v) is 19.2. The molecular formula is C24H19N5O5S. The van der Waals surface area contributed by atoms with E-state index in [1.165, 1.54) is 24.0 Å². The van der Waals surface area contributed by atoms with Crippen LogP contribution in [0.4, 0.5) is 15.7 Å². The van der Waals surface area contributed by atoms with Crippen molar-refractivity contribution in [3.8, 4) is 11.1 Å². The average molecular weight is 490 g/mol. The SMILES string of the molecule is Cn1nc(C(=O)O)cc1NC(=O)c1cnc(NC(=O)OCC2c3ccccc3-c3ccccc32)s1. The average Bonchev–Trinajstić information content (AvgIpc) is 3.54. The highest BCUT2D eigenvalue weighted by Gasteiger charge is 2.29. The minimum absolute atomic E-state index is 0.0691. The maximum Gasteiger partial charge on any atom is 0.413 e. The number of carboxylic acid groups (broad SMARTS) is 1. The lowest BCUT2D eigenvalue weighted by molar-refractivity contribution is 0.0689. The van der Waals surface area contributed by atoms with Gasteiger partial charge in [0.15, 0.2) is 10.8 Å². The van der Waals surface area contributed by atoms with E-state index in [-0.39, 0.29) is 34.0 Å². The standard InChI is InChI=1S/C24H19N5O5S/c1-29-20(10-18(28-29)22(31)32)26-21(30)19-11-25-23(35-19)27-24(33)34-12-17-15-8-4-2-6-13(15)14-7-3-5-9-16(14)17/h2-11,17H,12H2,1H3,(H,26,30)(H,31,32)(H,25,27,33). The number of ether oxygens (including phenoxy) is 1. The summed E-state index contributed by atoms with van der Waals surface area (Å²) in [4.78, 5) is 40.3. The molecule has 11 heteroatoms. The van der Waals surface area contributed by atoms with Crippen molar-refractivity contribution in [3.05, 3.63) is 82.5 Å². The van der Waals surface area contributed by atoms with Gasteiger partial charge in [0.05, 0.1) is 6.20 Å². The number of nitrogens with zero attached hydrogens (tertiary/aromatic N) is 3. The number of thiazole rings is 1. The highest BCUT2D eigenvalue weighted by atomic mass is 32.1. The number of fused-ring (bicyclic) bond motifs is 3. The number of rotatable bonds is 6. The third kappa shape index (κ3) is 4.36. The molecule has 10 nitrogen and oxygen atoms in total. The molecule has 2 aromatic carbocycles. The van der Waals surface area contributed by atoms with Crippen LogP contribution in [0, 0.1) is 0 Å². The first-order valence-electron chi connectivity index (χ1n) is 10.6. The Bertz CT molecular complexity index is 1410. The van der Waals surface area contributed by atoms with Gasteiger partial charge in [0.1, 0.15) is 17.3 Å². The molecule has 0 fully saturated rings. The Balaban J connectivity index is 1.21. The van der Waals surface area contributed by atoms with Crippen LogP contribution in [0.15, 0.2) is 60.8 Å². The Morgan fingerprint density at radius 2 is 1.71 bits per heavy atom. The Morgan fingerprint density at radius 3 is 2.34 bits per heavy atom. The number of aryl methyl sites for hydroxylation is 1. The minimum atomic E-state index is -1.20. The van der Waals surface area contributed by atoms with Crippen LogP contribution in [0.3, 0.4) is 0 Å². The van der Waals surface area contributed by atoms with E-state index in [2.05, 4.69) is 32.8 Å². The van der Waals surface area contributed by atoms with E-state index in [1.54, 1.807) is 0 Å². The molecule has 0 atom stereocenters. The molecule has 3 N–H and O–H groups in total. The number of carboxylic acids is 1. The summed E-state index contributed by atoms with van der Waals surface area (Å²) < 4.78 is 6.75. The van der Waals surface area contributed by atoms with Gasteiger partial charge >= 0.3 is 12.1 Å². The monoisotopic (exact) mass is 489 g/mol. The molecule has 2 amide bonds. The molecule has 0 saturated carbocycles. The van der Waals surface area contributed by atoms with Crippen molar-refractivity contribution in [2.45, 2.75) is 5.92 Å². The number of aromatic nitrogens is 3. The number of hydrogen-bond donors (Lipinski definition) is 3. The van der Waals surface area contributed by atoms with Crippen LogP contribution < -0.4 is 10.6 Å². The molecule has 0 radical (unpaired) electrons. The second-order valence-corrected chi connectivity index (χ2v) is 8.81. The topological polar surface area (TPSA) is 135 Å². The highest BCUT2D eigenvalue weighted by molar-refractivity contribution is 7.17. The summed E-state index contributed by atoms with van der Waals surface area (Å²) in [5.74, 6) is -1.57. The van der Waals surface area contributed by atoms with Crippen LogP contribution in [-0.4, -0.2) is 44.4 Å². The van der Waals surface area contributed by atoms with Crippen molar-refractivity contribution < 1.29 is 24.2 Å². The van der Waals surface area contributed by atoms with Crippen LogP contribution >= 0.6 is 11.3 Å². The lowest BCUT2D eigenvalue weighted by Crippen LogP contribution is -2.17. The summed E-state index contributed by atoms with van der Waals surface area (Å²) in [6.45, 7) is 0.158. The number of amides is 2. The van der Waals surface area contributed by atoms with Crippen molar-refractivity contribution in [2.24, 2.45) is 7.05 Å². The Morgan fingerprint density at radius 1 is 1.06 bits per heavy atom. The van der Waals surface area contributed by atoms with Gasteiger partial charge in [-0.2, -0.15) is 5.10 Å². The maximum atomic E-state index is 12.5. The summed E-state index contributed by atoms with van der Waals surface area (Å²) >= 11 is 0.962. The smallest absolute Gasteiger partial charge is 0.413 e. The van der Waals surface area contributed by atoms with Gasteiger partial charge in [-0.25, -0.2) is 14.6 Å². The van der Waals surface area contributed by atoms with Crippen molar-refractivity contribution in [2.75, 3.05) is 17.2 Å². The fraction of sp³-hybridized carbons (Fsp3) is 0.125. The molecule has 1 aliphatic carbocycles. The normalized spacial score (nSPS) is 12.0.